The van der Waals surface area contributed by atoms with Crippen molar-refractivity contribution in [2.24, 2.45) is 5.92 Å². The van der Waals surface area contributed by atoms with Gasteiger partial charge in [-0.1, -0.05) is 18.2 Å². The van der Waals surface area contributed by atoms with Crippen LogP contribution in [0.2, 0.25) is 0 Å². The predicted octanol–water partition coefficient (Wildman–Crippen LogP) is 3.03. The van der Waals surface area contributed by atoms with Crippen LogP contribution in [0.3, 0.4) is 0 Å². The van der Waals surface area contributed by atoms with Crippen LogP contribution in [-0.2, 0) is 16.0 Å². The van der Waals surface area contributed by atoms with Crippen LogP contribution < -0.4 is 14.5 Å². The molecule has 1 fully saturated rings. The van der Waals surface area contributed by atoms with Gasteiger partial charge in [0.05, 0.1) is 13.0 Å². The monoisotopic (exact) mass is 350 g/mol. The number of hydrogen-bond donors (Lipinski definition) is 0. The van der Waals surface area contributed by atoms with Gasteiger partial charge in [-0.15, -0.1) is 0 Å². The molecule has 2 amide bonds. The number of amides is 2. The summed E-state index contributed by atoms with van der Waals surface area (Å²) < 4.78 is 5.17. The third kappa shape index (κ3) is 2.73. The lowest BCUT2D eigenvalue weighted by Crippen LogP contribution is -2.41. The van der Waals surface area contributed by atoms with Crippen LogP contribution in [0.25, 0.3) is 0 Å². The number of benzene rings is 2. The number of anilines is 2. The lowest BCUT2D eigenvalue weighted by Gasteiger charge is -2.26. The fourth-order valence-corrected chi connectivity index (χ4v) is 3.98. The molecule has 1 saturated heterocycles. The fourth-order valence-electron chi connectivity index (χ4n) is 3.98. The smallest absolute Gasteiger partial charge is 0.232 e. The summed E-state index contributed by atoms with van der Waals surface area (Å²) in [5.41, 5.74) is 2.99. The number of fused-ring (bicyclic) bond motifs is 1. The molecule has 0 saturated carbocycles. The van der Waals surface area contributed by atoms with Crippen LogP contribution in [0.5, 0.6) is 5.75 Å². The van der Waals surface area contributed by atoms with Crippen LogP contribution in [0, 0.1) is 5.92 Å². The maximum absolute atomic E-state index is 13.2. The van der Waals surface area contributed by atoms with Gasteiger partial charge in [0, 0.05) is 30.4 Å². The van der Waals surface area contributed by atoms with Crippen molar-refractivity contribution in [2.75, 3.05) is 23.5 Å². The molecule has 0 aromatic heterocycles. The van der Waals surface area contributed by atoms with E-state index in [0.717, 1.165) is 23.5 Å². The van der Waals surface area contributed by atoms with Crippen molar-refractivity contribution in [1.82, 2.24) is 0 Å². The van der Waals surface area contributed by atoms with Crippen LogP contribution in [0.1, 0.15) is 18.9 Å². The van der Waals surface area contributed by atoms with Gasteiger partial charge in [-0.2, -0.15) is 0 Å². The van der Waals surface area contributed by atoms with Crippen LogP contribution >= 0.6 is 0 Å². The molecule has 0 radical (unpaired) electrons. The Morgan fingerprint density at radius 3 is 2.54 bits per heavy atom. The zero-order valence-electron chi connectivity index (χ0n) is 15.0. The van der Waals surface area contributed by atoms with Gasteiger partial charge in [-0.25, -0.2) is 0 Å². The van der Waals surface area contributed by atoms with Crippen molar-refractivity contribution < 1.29 is 14.3 Å². The highest BCUT2D eigenvalue weighted by atomic mass is 16.5. The van der Waals surface area contributed by atoms with E-state index >= 15 is 0 Å². The first-order chi connectivity index (χ1) is 12.6. The van der Waals surface area contributed by atoms with Crippen LogP contribution in [0.15, 0.2) is 48.5 Å². The summed E-state index contributed by atoms with van der Waals surface area (Å²) in [6, 6.07) is 15.5. The van der Waals surface area contributed by atoms with E-state index in [-0.39, 0.29) is 30.2 Å². The largest absolute Gasteiger partial charge is 0.497 e. The van der Waals surface area contributed by atoms with E-state index in [9.17, 15) is 9.59 Å². The summed E-state index contributed by atoms with van der Waals surface area (Å²) in [6.45, 7) is 2.49. The number of rotatable bonds is 3. The van der Waals surface area contributed by atoms with Gasteiger partial charge in [-0.05, 0) is 49.2 Å². The molecule has 5 heteroatoms. The van der Waals surface area contributed by atoms with Crippen molar-refractivity contribution >= 4 is 23.2 Å². The molecular weight excluding hydrogens is 328 g/mol. The summed E-state index contributed by atoms with van der Waals surface area (Å²) in [5, 5.41) is 0. The molecule has 2 aliphatic rings. The van der Waals surface area contributed by atoms with E-state index in [0.29, 0.717) is 6.54 Å². The van der Waals surface area contributed by atoms with Crippen molar-refractivity contribution in [1.29, 1.82) is 0 Å². The molecule has 2 unspecified atom stereocenters. The highest BCUT2D eigenvalue weighted by molar-refractivity contribution is 6.05. The van der Waals surface area contributed by atoms with Crippen molar-refractivity contribution in [2.45, 2.75) is 25.8 Å². The zero-order chi connectivity index (χ0) is 18.3. The van der Waals surface area contributed by atoms with Gasteiger partial charge in [0.1, 0.15) is 5.75 Å². The number of ether oxygens (including phenoxy) is 1. The molecule has 4 rings (SSSR count). The highest BCUT2D eigenvalue weighted by Crippen LogP contribution is 2.35. The Morgan fingerprint density at radius 1 is 1.08 bits per heavy atom. The molecule has 0 aliphatic carbocycles. The van der Waals surface area contributed by atoms with E-state index in [4.69, 9.17) is 4.74 Å². The SMILES string of the molecule is COc1ccc(N2CC(C(=O)N3c4ccccc4CC3C)CC2=O)cc1. The van der Waals surface area contributed by atoms with Crippen molar-refractivity contribution in [3.63, 3.8) is 0 Å². The van der Waals surface area contributed by atoms with E-state index in [1.807, 2.05) is 47.4 Å². The Balaban J connectivity index is 1.54. The molecule has 5 nitrogen and oxygen atoms in total. The molecule has 0 N–H and O–H groups in total. The van der Waals surface area contributed by atoms with E-state index in [1.165, 1.54) is 5.56 Å². The van der Waals surface area contributed by atoms with Gasteiger partial charge in [0.2, 0.25) is 11.8 Å². The van der Waals surface area contributed by atoms with Gasteiger partial charge < -0.3 is 14.5 Å². The second kappa shape index (κ2) is 6.48. The number of para-hydroxylation sites is 1. The molecular formula is C21H22N2O3. The van der Waals surface area contributed by atoms with Crippen molar-refractivity contribution in [3.05, 3.63) is 54.1 Å². The second-order valence-electron chi connectivity index (χ2n) is 6.99. The maximum atomic E-state index is 13.2. The van der Waals surface area contributed by atoms with Gasteiger partial charge in [-0.3, -0.25) is 9.59 Å². The Morgan fingerprint density at radius 2 is 1.81 bits per heavy atom. The zero-order valence-corrected chi connectivity index (χ0v) is 15.0. The molecule has 134 valence electrons. The first-order valence-corrected chi connectivity index (χ1v) is 8.94. The summed E-state index contributed by atoms with van der Waals surface area (Å²) >= 11 is 0. The molecule has 2 atom stereocenters. The Hall–Kier alpha value is -2.82. The molecule has 0 bridgehead atoms. The minimum absolute atomic E-state index is 0.00588. The summed E-state index contributed by atoms with van der Waals surface area (Å²) in [4.78, 5) is 29.3. The molecule has 2 aromatic rings. The maximum Gasteiger partial charge on any atom is 0.232 e. The second-order valence-corrected chi connectivity index (χ2v) is 6.99. The normalized spacial score (nSPS) is 21.8. The quantitative estimate of drug-likeness (QED) is 0.855. The summed E-state index contributed by atoms with van der Waals surface area (Å²) in [7, 11) is 1.61. The number of carbonyl (C=O) groups is 2. The first-order valence-electron chi connectivity index (χ1n) is 8.94. The number of hydrogen-bond acceptors (Lipinski definition) is 3. The lowest BCUT2D eigenvalue weighted by atomic mass is 10.1. The Labute approximate surface area is 153 Å². The van der Waals surface area contributed by atoms with Crippen LogP contribution in [0.4, 0.5) is 11.4 Å². The minimum Gasteiger partial charge on any atom is -0.497 e. The third-order valence-electron chi connectivity index (χ3n) is 5.30. The topological polar surface area (TPSA) is 49.9 Å². The highest BCUT2D eigenvalue weighted by Gasteiger charge is 2.40. The van der Waals surface area contributed by atoms with Gasteiger partial charge in [0.25, 0.3) is 0 Å². The van der Waals surface area contributed by atoms with E-state index in [2.05, 4.69) is 13.0 Å². The molecule has 2 aliphatic heterocycles. The van der Waals surface area contributed by atoms with E-state index in [1.54, 1.807) is 12.0 Å². The fraction of sp³-hybridized carbons (Fsp3) is 0.333. The molecule has 2 heterocycles. The van der Waals surface area contributed by atoms with Crippen LogP contribution in [-0.4, -0.2) is 31.5 Å². The summed E-state index contributed by atoms with van der Waals surface area (Å²) in [5.74, 6) is 0.481. The molecule has 2 aromatic carbocycles. The number of carbonyl (C=O) groups excluding carboxylic acids is 2. The third-order valence-corrected chi connectivity index (χ3v) is 5.30. The number of methoxy groups -OCH3 is 1. The standard InChI is InChI=1S/C21H22N2O3/c1-14-11-15-5-3-4-6-19(15)23(14)21(25)16-12-20(24)22(13-16)17-7-9-18(26-2)10-8-17/h3-10,14,16H,11-13H2,1-2H3. The average molecular weight is 350 g/mol. The van der Waals surface area contributed by atoms with Gasteiger partial charge >= 0.3 is 0 Å². The summed E-state index contributed by atoms with van der Waals surface area (Å²) in [6.07, 6.45) is 1.13. The molecule has 26 heavy (non-hydrogen) atoms. The average Bonchev–Trinajstić information content (AvgIpc) is 3.20. The van der Waals surface area contributed by atoms with Gasteiger partial charge in [0.15, 0.2) is 0 Å². The Kier molecular flexibility index (Phi) is 4.15. The molecule has 0 spiro atoms. The van der Waals surface area contributed by atoms with Crippen molar-refractivity contribution in [3.8, 4) is 5.75 Å². The predicted molar refractivity (Wildman–Crippen MR) is 101 cm³/mol. The lowest BCUT2D eigenvalue weighted by molar-refractivity contribution is -0.124. The van der Waals surface area contributed by atoms with E-state index < -0.39 is 0 Å². The minimum atomic E-state index is -0.307. The Bertz CT molecular complexity index is 847. The number of nitrogens with zero attached hydrogens (tertiary/aromatic N) is 2. The first kappa shape index (κ1) is 16.6.